The first-order valence-corrected chi connectivity index (χ1v) is 7.94. The van der Waals surface area contributed by atoms with Crippen LogP contribution in [0.15, 0.2) is 0 Å². The fraction of sp³-hybridized carbons (Fsp3) is 0.867. The van der Waals surface area contributed by atoms with Crippen molar-refractivity contribution in [1.82, 2.24) is 10.2 Å². The molecular formula is C15H26N2O3. The van der Waals surface area contributed by atoms with E-state index in [4.69, 9.17) is 0 Å². The Morgan fingerprint density at radius 3 is 2.65 bits per heavy atom. The summed E-state index contributed by atoms with van der Waals surface area (Å²) in [4.78, 5) is 25.5. The molecule has 1 aliphatic carbocycles. The number of unbranched alkanes of at least 4 members (excludes halogenated alkanes) is 1. The van der Waals surface area contributed by atoms with E-state index >= 15 is 0 Å². The number of urea groups is 1. The molecule has 114 valence electrons. The number of amides is 2. The van der Waals surface area contributed by atoms with Gasteiger partial charge in [0.25, 0.3) is 0 Å². The number of carbonyl (C=O) groups excluding carboxylic acids is 1. The molecule has 1 saturated heterocycles. The second-order valence-corrected chi connectivity index (χ2v) is 6.04. The predicted octanol–water partition coefficient (Wildman–Crippen LogP) is 2.60. The lowest BCUT2D eigenvalue weighted by molar-refractivity contribution is -0.145. The zero-order valence-corrected chi connectivity index (χ0v) is 12.3. The quantitative estimate of drug-likeness (QED) is 0.779. The van der Waals surface area contributed by atoms with Crippen molar-refractivity contribution in [2.45, 2.75) is 70.4 Å². The molecular weight excluding hydrogens is 256 g/mol. The zero-order valence-electron chi connectivity index (χ0n) is 12.3. The monoisotopic (exact) mass is 282 g/mol. The van der Waals surface area contributed by atoms with Crippen LogP contribution >= 0.6 is 0 Å². The number of carboxylic acid groups (broad SMARTS) is 1. The van der Waals surface area contributed by atoms with Gasteiger partial charge in [0.15, 0.2) is 0 Å². The van der Waals surface area contributed by atoms with Crippen LogP contribution in [-0.4, -0.2) is 40.6 Å². The number of carboxylic acids is 1. The number of nitrogens with one attached hydrogen (secondary N) is 1. The highest BCUT2D eigenvalue weighted by molar-refractivity contribution is 5.83. The summed E-state index contributed by atoms with van der Waals surface area (Å²) >= 11 is 0. The molecule has 1 heterocycles. The topological polar surface area (TPSA) is 69.6 Å². The number of aliphatic carboxylic acids is 1. The SMILES string of the molecule is CCCCNC(=O)N1C(C(=O)O)CCC2CCCCC21. The molecule has 2 aliphatic rings. The third-order valence-corrected chi connectivity index (χ3v) is 4.70. The number of nitrogens with zero attached hydrogens (tertiary/aromatic N) is 1. The maximum atomic E-state index is 12.4. The van der Waals surface area contributed by atoms with E-state index in [9.17, 15) is 14.7 Å². The van der Waals surface area contributed by atoms with E-state index in [-0.39, 0.29) is 12.1 Å². The van der Waals surface area contributed by atoms with Crippen LogP contribution in [0.5, 0.6) is 0 Å². The van der Waals surface area contributed by atoms with Gasteiger partial charge in [-0.3, -0.25) is 0 Å². The predicted molar refractivity (Wildman–Crippen MR) is 76.5 cm³/mol. The largest absolute Gasteiger partial charge is 0.480 e. The third kappa shape index (κ3) is 3.25. The first kappa shape index (κ1) is 15.1. The number of rotatable bonds is 4. The number of carbonyl (C=O) groups is 2. The van der Waals surface area contributed by atoms with Crippen LogP contribution in [0, 0.1) is 5.92 Å². The van der Waals surface area contributed by atoms with E-state index in [1.165, 1.54) is 6.42 Å². The third-order valence-electron chi connectivity index (χ3n) is 4.70. The fourth-order valence-corrected chi connectivity index (χ4v) is 3.63. The summed E-state index contributed by atoms with van der Waals surface area (Å²) in [6.45, 7) is 2.71. The Morgan fingerprint density at radius 1 is 1.20 bits per heavy atom. The van der Waals surface area contributed by atoms with Crippen LogP contribution in [0.3, 0.4) is 0 Å². The second-order valence-electron chi connectivity index (χ2n) is 6.04. The Morgan fingerprint density at radius 2 is 1.95 bits per heavy atom. The van der Waals surface area contributed by atoms with Gasteiger partial charge in [0, 0.05) is 12.6 Å². The van der Waals surface area contributed by atoms with E-state index in [0.29, 0.717) is 18.9 Å². The molecule has 1 aliphatic heterocycles. The molecule has 0 aromatic carbocycles. The Hall–Kier alpha value is -1.26. The summed E-state index contributed by atoms with van der Waals surface area (Å²) in [5.41, 5.74) is 0. The van der Waals surface area contributed by atoms with Gasteiger partial charge in [-0.2, -0.15) is 0 Å². The molecule has 0 aromatic heterocycles. The molecule has 2 N–H and O–H groups in total. The standard InChI is InChI=1S/C15H26N2O3/c1-2-3-10-16-15(20)17-12-7-5-4-6-11(12)8-9-13(17)14(18)19/h11-13H,2-10H2,1H3,(H,16,20)(H,18,19). The summed E-state index contributed by atoms with van der Waals surface area (Å²) in [5.74, 6) is -0.365. The van der Waals surface area contributed by atoms with Crippen LogP contribution in [0.1, 0.15) is 58.3 Å². The molecule has 0 aromatic rings. The van der Waals surface area contributed by atoms with E-state index in [1.807, 2.05) is 0 Å². The van der Waals surface area contributed by atoms with Crippen molar-refractivity contribution in [3.63, 3.8) is 0 Å². The molecule has 3 atom stereocenters. The molecule has 0 spiro atoms. The average molecular weight is 282 g/mol. The minimum absolute atomic E-state index is 0.125. The minimum Gasteiger partial charge on any atom is -0.480 e. The summed E-state index contributed by atoms with van der Waals surface area (Å²) in [5, 5.41) is 12.3. The van der Waals surface area contributed by atoms with Crippen LogP contribution in [0.4, 0.5) is 4.79 Å². The van der Waals surface area contributed by atoms with Crippen molar-refractivity contribution in [1.29, 1.82) is 0 Å². The summed E-state index contributed by atoms with van der Waals surface area (Å²) < 4.78 is 0. The molecule has 2 amide bonds. The lowest BCUT2D eigenvalue weighted by atomic mass is 9.76. The molecule has 5 heteroatoms. The first-order chi connectivity index (χ1) is 9.65. The second kappa shape index (κ2) is 6.95. The summed E-state index contributed by atoms with van der Waals surface area (Å²) in [7, 11) is 0. The molecule has 3 unspecified atom stereocenters. The Kier molecular flexibility index (Phi) is 5.26. The van der Waals surface area contributed by atoms with Crippen molar-refractivity contribution in [3.05, 3.63) is 0 Å². The van der Waals surface area contributed by atoms with Gasteiger partial charge in [-0.05, 0) is 38.0 Å². The number of fused-ring (bicyclic) bond motifs is 1. The van der Waals surface area contributed by atoms with Crippen LogP contribution in [0.2, 0.25) is 0 Å². The van der Waals surface area contributed by atoms with Crippen LogP contribution < -0.4 is 5.32 Å². The van der Waals surface area contributed by atoms with Gasteiger partial charge in [0.1, 0.15) is 6.04 Å². The highest BCUT2D eigenvalue weighted by atomic mass is 16.4. The zero-order chi connectivity index (χ0) is 14.5. The van der Waals surface area contributed by atoms with Crippen molar-refractivity contribution in [2.24, 2.45) is 5.92 Å². The van der Waals surface area contributed by atoms with E-state index in [0.717, 1.165) is 38.5 Å². The lowest BCUT2D eigenvalue weighted by Gasteiger charge is -2.46. The van der Waals surface area contributed by atoms with Crippen LogP contribution in [0.25, 0.3) is 0 Å². The number of hydrogen-bond acceptors (Lipinski definition) is 2. The minimum atomic E-state index is -0.861. The molecule has 0 bridgehead atoms. The van der Waals surface area contributed by atoms with Crippen LogP contribution in [-0.2, 0) is 4.79 Å². The smallest absolute Gasteiger partial charge is 0.326 e. The van der Waals surface area contributed by atoms with Crippen molar-refractivity contribution < 1.29 is 14.7 Å². The molecule has 20 heavy (non-hydrogen) atoms. The van der Waals surface area contributed by atoms with Gasteiger partial charge in [0.2, 0.25) is 0 Å². The Labute approximate surface area is 120 Å². The summed E-state index contributed by atoms with van der Waals surface area (Å²) in [6, 6.07) is -0.696. The molecule has 1 saturated carbocycles. The Bertz CT molecular complexity index is 359. The number of piperidine rings is 1. The molecule has 2 fully saturated rings. The summed E-state index contributed by atoms with van der Waals surface area (Å²) in [6.07, 6.45) is 7.90. The molecule has 2 rings (SSSR count). The Balaban J connectivity index is 2.08. The number of hydrogen-bond donors (Lipinski definition) is 2. The molecule has 0 radical (unpaired) electrons. The van der Waals surface area contributed by atoms with Gasteiger partial charge in [-0.1, -0.05) is 26.2 Å². The lowest BCUT2D eigenvalue weighted by Crippen LogP contribution is -2.60. The van der Waals surface area contributed by atoms with E-state index in [1.54, 1.807) is 4.90 Å². The van der Waals surface area contributed by atoms with Gasteiger partial charge in [0.05, 0.1) is 0 Å². The maximum Gasteiger partial charge on any atom is 0.326 e. The fourth-order valence-electron chi connectivity index (χ4n) is 3.63. The maximum absolute atomic E-state index is 12.4. The number of likely N-dealkylation sites (tertiary alicyclic amines) is 1. The van der Waals surface area contributed by atoms with Crippen molar-refractivity contribution >= 4 is 12.0 Å². The van der Waals surface area contributed by atoms with Crippen molar-refractivity contribution in [2.75, 3.05) is 6.54 Å². The van der Waals surface area contributed by atoms with Gasteiger partial charge < -0.3 is 15.3 Å². The molecule has 5 nitrogen and oxygen atoms in total. The van der Waals surface area contributed by atoms with Gasteiger partial charge in [-0.15, -0.1) is 0 Å². The van der Waals surface area contributed by atoms with Gasteiger partial charge in [-0.25, -0.2) is 9.59 Å². The average Bonchev–Trinajstić information content (AvgIpc) is 2.46. The van der Waals surface area contributed by atoms with E-state index in [2.05, 4.69) is 12.2 Å². The normalized spacial score (nSPS) is 29.6. The highest BCUT2D eigenvalue weighted by Crippen LogP contribution is 2.37. The van der Waals surface area contributed by atoms with Gasteiger partial charge >= 0.3 is 12.0 Å². The highest BCUT2D eigenvalue weighted by Gasteiger charge is 2.43. The first-order valence-electron chi connectivity index (χ1n) is 7.94. The van der Waals surface area contributed by atoms with Crippen molar-refractivity contribution in [3.8, 4) is 0 Å². The van der Waals surface area contributed by atoms with E-state index < -0.39 is 12.0 Å².